The van der Waals surface area contributed by atoms with Gasteiger partial charge in [0, 0.05) is 79.7 Å². The standard InChI is InChI=1S/C36H42F3N7O4S/c1-5-23-15-25-31(32(50-21-36(37,38)39)30(23)29-22(3)7-8-27-26(29)16-40-43-27)41-33(24-17-44(18-24)13-14-51(4,48)49)42-34(25)45-11-9-35(10-12-45)19-46(20-35)28(47)6-2/h6-8,15-16,24H,2,5,9-14,17-21H2,1,3-4H3,(H,40,43). The number of aromatic amines is 1. The van der Waals surface area contributed by atoms with Crippen LogP contribution in [-0.2, 0) is 21.1 Å². The summed E-state index contributed by atoms with van der Waals surface area (Å²) in [6.07, 6.45) is 1.80. The maximum absolute atomic E-state index is 13.9. The highest BCUT2D eigenvalue weighted by Crippen LogP contribution is 2.48. The number of rotatable bonds is 10. The van der Waals surface area contributed by atoms with Gasteiger partial charge >= 0.3 is 6.18 Å². The van der Waals surface area contributed by atoms with Crippen molar-refractivity contribution in [3.8, 4) is 16.9 Å². The Morgan fingerprint density at radius 1 is 1.14 bits per heavy atom. The number of hydrogen-bond acceptors (Lipinski definition) is 9. The summed E-state index contributed by atoms with van der Waals surface area (Å²) in [6.45, 7) is 10.1. The average Bonchev–Trinajstić information content (AvgIpc) is 3.52. The molecule has 0 aliphatic carbocycles. The highest BCUT2D eigenvalue weighted by Gasteiger charge is 2.46. The Labute approximate surface area is 294 Å². The molecule has 1 amide bonds. The lowest BCUT2D eigenvalue weighted by Crippen LogP contribution is -2.61. The van der Waals surface area contributed by atoms with Gasteiger partial charge in [0.1, 0.15) is 27.0 Å². The predicted molar refractivity (Wildman–Crippen MR) is 190 cm³/mol. The Bertz CT molecular complexity index is 2110. The minimum atomic E-state index is -4.60. The summed E-state index contributed by atoms with van der Waals surface area (Å²) in [6, 6.07) is 5.81. The second-order valence-electron chi connectivity index (χ2n) is 14.4. The third-order valence-electron chi connectivity index (χ3n) is 10.6. The number of aryl methyl sites for hydroxylation is 2. The van der Waals surface area contributed by atoms with Gasteiger partial charge in [-0.1, -0.05) is 19.6 Å². The van der Waals surface area contributed by atoms with Crippen molar-refractivity contribution < 1.29 is 31.1 Å². The number of halogens is 3. The SMILES string of the molecule is C=CC(=O)N1CC2(CCN(c3nc(C4CN(CCS(C)(=O)=O)C4)nc4c(OCC(F)(F)F)c(-c5c(C)ccc6[nH]ncc56)c(CC)cc34)CC2)C1. The number of fused-ring (bicyclic) bond motifs is 2. The van der Waals surface area contributed by atoms with E-state index in [2.05, 4.69) is 21.7 Å². The maximum Gasteiger partial charge on any atom is 0.422 e. The van der Waals surface area contributed by atoms with E-state index >= 15 is 0 Å². The number of amides is 1. The Kier molecular flexibility index (Phi) is 9.01. The van der Waals surface area contributed by atoms with Crippen LogP contribution in [0.2, 0.25) is 0 Å². The van der Waals surface area contributed by atoms with Gasteiger partial charge in [-0.15, -0.1) is 0 Å². The van der Waals surface area contributed by atoms with Crippen LogP contribution in [0.5, 0.6) is 5.75 Å². The van der Waals surface area contributed by atoms with Gasteiger partial charge < -0.3 is 19.4 Å². The van der Waals surface area contributed by atoms with E-state index in [1.54, 1.807) is 11.1 Å². The molecule has 4 aromatic rings. The lowest BCUT2D eigenvalue weighted by molar-refractivity contribution is -0.153. The predicted octanol–water partition coefficient (Wildman–Crippen LogP) is 5.04. The smallest absolute Gasteiger partial charge is 0.422 e. The Morgan fingerprint density at radius 2 is 1.86 bits per heavy atom. The van der Waals surface area contributed by atoms with E-state index < -0.39 is 22.6 Å². The van der Waals surface area contributed by atoms with Crippen LogP contribution in [0, 0.1) is 12.3 Å². The number of carbonyl (C=O) groups is 1. The number of hydrogen-bond donors (Lipinski definition) is 1. The molecule has 2 aromatic heterocycles. The van der Waals surface area contributed by atoms with Crippen LogP contribution >= 0.6 is 0 Å². The molecule has 0 unspecified atom stereocenters. The van der Waals surface area contributed by atoms with Crippen molar-refractivity contribution in [1.82, 2.24) is 30.0 Å². The largest absolute Gasteiger partial charge is 0.481 e. The minimum Gasteiger partial charge on any atom is -0.481 e. The summed E-state index contributed by atoms with van der Waals surface area (Å²) >= 11 is 0. The first-order chi connectivity index (χ1) is 24.2. The van der Waals surface area contributed by atoms with Gasteiger partial charge in [0.05, 0.1) is 17.5 Å². The van der Waals surface area contributed by atoms with E-state index in [1.165, 1.54) is 12.3 Å². The summed E-state index contributed by atoms with van der Waals surface area (Å²) < 4.78 is 71.3. The quantitative estimate of drug-likeness (QED) is 0.224. The van der Waals surface area contributed by atoms with E-state index in [9.17, 15) is 26.4 Å². The van der Waals surface area contributed by atoms with Gasteiger partial charge in [0.25, 0.3) is 0 Å². The monoisotopic (exact) mass is 725 g/mol. The zero-order valence-electron chi connectivity index (χ0n) is 29.0. The van der Waals surface area contributed by atoms with E-state index in [1.807, 2.05) is 36.9 Å². The molecule has 3 saturated heterocycles. The van der Waals surface area contributed by atoms with Crippen molar-refractivity contribution in [2.24, 2.45) is 5.41 Å². The molecule has 0 atom stereocenters. The van der Waals surface area contributed by atoms with Crippen molar-refractivity contribution in [3.63, 3.8) is 0 Å². The first-order valence-electron chi connectivity index (χ1n) is 17.2. The molecule has 7 rings (SSSR count). The van der Waals surface area contributed by atoms with Gasteiger partial charge in [-0.05, 0) is 61.1 Å². The number of benzene rings is 2. The molecular formula is C36H42F3N7O4S. The first kappa shape index (κ1) is 35.2. The molecule has 0 radical (unpaired) electrons. The molecule has 3 fully saturated rings. The van der Waals surface area contributed by atoms with Crippen molar-refractivity contribution in [1.29, 1.82) is 0 Å². The summed E-state index contributed by atoms with van der Waals surface area (Å²) in [4.78, 5) is 28.3. The van der Waals surface area contributed by atoms with E-state index in [4.69, 9.17) is 14.7 Å². The topological polar surface area (TPSA) is 125 Å². The molecule has 0 bridgehead atoms. The maximum atomic E-state index is 13.9. The molecule has 3 aliphatic heterocycles. The lowest BCUT2D eigenvalue weighted by atomic mass is 9.72. The molecule has 0 saturated carbocycles. The zero-order chi connectivity index (χ0) is 36.3. The van der Waals surface area contributed by atoms with Crippen LogP contribution in [0.3, 0.4) is 0 Å². The average molecular weight is 726 g/mol. The van der Waals surface area contributed by atoms with E-state index in [0.717, 1.165) is 40.4 Å². The Morgan fingerprint density at radius 3 is 2.51 bits per heavy atom. The molecule has 1 spiro atoms. The lowest BCUT2D eigenvalue weighted by Gasteiger charge is -2.54. The second kappa shape index (κ2) is 13.1. The number of nitrogens with zero attached hydrogens (tertiary/aromatic N) is 6. The molecule has 51 heavy (non-hydrogen) atoms. The summed E-state index contributed by atoms with van der Waals surface area (Å²) in [5.41, 5.74) is 4.02. The summed E-state index contributed by atoms with van der Waals surface area (Å²) in [7, 11) is -3.14. The van der Waals surface area contributed by atoms with E-state index in [0.29, 0.717) is 80.3 Å². The number of carbonyl (C=O) groups excluding carboxylic acids is 1. The molecule has 2 aromatic carbocycles. The van der Waals surface area contributed by atoms with Crippen LogP contribution in [0.4, 0.5) is 19.0 Å². The van der Waals surface area contributed by atoms with Gasteiger partial charge in [-0.3, -0.25) is 9.89 Å². The van der Waals surface area contributed by atoms with Gasteiger partial charge in [0.2, 0.25) is 5.91 Å². The number of likely N-dealkylation sites (tertiary alicyclic amines) is 2. The number of sulfone groups is 1. The van der Waals surface area contributed by atoms with Crippen LogP contribution in [-0.4, -0.2) is 115 Å². The second-order valence-corrected chi connectivity index (χ2v) is 16.6. The zero-order valence-corrected chi connectivity index (χ0v) is 29.8. The number of aromatic nitrogens is 4. The number of nitrogens with one attached hydrogen (secondary N) is 1. The number of alkyl halides is 3. The van der Waals surface area contributed by atoms with Gasteiger partial charge in [0.15, 0.2) is 12.4 Å². The fraction of sp³-hybridized carbons (Fsp3) is 0.500. The number of H-pyrrole nitrogens is 1. The third-order valence-corrected chi connectivity index (χ3v) is 11.6. The van der Waals surface area contributed by atoms with Crippen molar-refractivity contribution in [2.75, 3.05) is 69.3 Å². The van der Waals surface area contributed by atoms with Crippen LogP contribution in [0.15, 0.2) is 37.1 Å². The first-order valence-corrected chi connectivity index (χ1v) is 19.3. The van der Waals surface area contributed by atoms with Gasteiger partial charge in [-0.25, -0.2) is 18.4 Å². The van der Waals surface area contributed by atoms with Crippen molar-refractivity contribution >= 4 is 43.4 Å². The summed E-state index contributed by atoms with van der Waals surface area (Å²) in [5, 5.41) is 8.59. The van der Waals surface area contributed by atoms with Gasteiger partial charge in [-0.2, -0.15) is 18.3 Å². The Balaban J connectivity index is 1.36. The van der Waals surface area contributed by atoms with Crippen LogP contribution < -0.4 is 9.64 Å². The molecule has 11 nitrogen and oxygen atoms in total. The van der Waals surface area contributed by atoms with Crippen molar-refractivity contribution in [2.45, 2.75) is 45.2 Å². The molecule has 15 heteroatoms. The number of ether oxygens (including phenoxy) is 1. The highest BCUT2D eigenvalue weighted by atomic mass is 32.2. The van der Waals surface area contributed by atoms with Crippen molar-refractivity contribution in [3.05, 3.63) is 54.0 Å². The fourth-order valence-electron chi connectivity index (χ4n) is 7.79. The molecule has 272 valence electrons. The molecule has 3 aliphatic rings. The minimum absolute atomic E-state index is 0.0124. The molecular weight excluding hydrogens is 684 g/mol. The Hall–Kier alpha value is -4.24. The molecule has 5 heterocycles. The van der Waals surface area contributed by atoms with E-state index in [-0.39, 0.29) is 28.7 Å². The third kappa shape index (κ3) is 6.89. The van der Waals surface area contributed by atoms with Crippen LogP contribution in [0.1, 0.15) is 42.6 Å². The number of piperidine rings is 1. The molecule has 1 N–H and O–H groups in total. The van der Waals surface area contributed by atoms with Crippen LogP contribution in [0.25, 0.3) is 32.9 Å². The highest BCUT2D eigenvalue weighted by molar-refractivity contribution is 7.90. The fourth-order valence-corrected chi connectivity index (χ4v) is 8.38. The number of anilines is 1. The summed E-state index contributed by atoms with van der Waals surface area (Å²) in [5.74, 6) is 1.02. The normalized spacial score (nSPS) is 18.3.